The maximum atomic E-state index is 12.1. The predicted octanol–water partition coefficient (Wildman–Crippen LogP) is 4.37. The van der Waals surface area contributed by atoms with Crippen molar-refractivity contribution in [2.24, 2.45) is 5.92 Å². The highest BCUT2D eigenvalue weighted by Gasteiger charge is 2.28. The summed E-state index contributed by atoms with van der Waals surface area (Å²) in [4.78, 5) is 22.6. The molecule has 0 heterocycles. The third-order valence-electron chi connectivity index (χ3n) is 4.92. The highest BCUT2D eigenvalue weighted by molar-refractivity contribution is 7.99. The molecule has 1 amide bonds. The Hall–Kier alpha value is -2.47. The first-order chi connectivity index (χ1) is 13.6. The Balaban J connectivity index is 1.47. The lowest BCUT2D eigenvalue weighted by Gasteiger charge is -2.16. The molecule has 2 aromatic rings. The molecule has 0 spiro atoms. The van der Waals surface area contributed by atoms with Crippen LogP contribution < -0.4 is 5.32 Å². The van der Waals surface area contributed by atoms with Crippen LogP contribution in [0.25, 0.3) is 11.1 Å². The molecule has 0 saturated carbocycles. The molecule has 1 atom stereocenters. The highest BCUT2D eigenvalue weighted by atomic mass is 32.2. The van der Waals surface area contributed by atoms with Gasteiger partial charge in [-0.1, -0.05) is 55.5 Å². The van der Waals surface area contributed by atoms with Crippen molar-refractivity contribution >= 4 is 23.8 Å². The Labute approximate surface area is 169 Å². The summed E-state index contributed by atoms with van der Waals surface area (Å²) in [5, 5.41) is 11.4. The van der Waals surface area contributed by atoms with E-state index in [1.54, 1.807) is 0 Å². The van der Waals surface area contributed by atoms with E-state index < -0.39 is 12.1 Å². The van der Waals surface area contributed by atoms with Gasteiger partial charge in [0.15, 0.2) is 0 Å². The number of carbonyl (C=O) groups is 2. The first-order valence-electron chi connectivity index (χ1n) is 9.44. The zero-order chi connectivity index (χ0) is 19.9. The number of aliphatic carboxylic acids is 1. The summed E-state index contributed by atoms with van der Waals surface area (Å²) < 4.78 is 5.51. The zero-order valence-electron chi connectivity index (χ0n) is 15.9. The number of amides is 1. The van der Waals surface area contributed by atoms with Crippen molar-refractivity contribution in [3.05, 3.63) is 59.7 Å². The summed E-state index contributed by atoms with van der Waals surface area (Å²) in [6.07, 6.45) is 0.439. The van der Waals surface area contributed by atoms with Gasteiger partial charge in [-0.15, -0.1) is 0 Å². The summed E-state index contributed by atoms with van der Waals surface area (Å²) >= 11 is 1.39. The fraction of sp³-hybridized carbons (Fsp3) is 0.364. The lowest BCUT2D eigenvalue weighted by Crippen LogP contribution is -2.30. The first kappa shape index (κ1) is 20.3. The van der Waals surface area contributed by atoms with Crippen LogP contribution in [0.4, 0.5) is 4.79 Å². The molecule has 3 rings (SSSR count). The number of benzene rings is 2. The first-order valence-corrected chi connectivity index (χ1v) is 10.6. The van der Waals surface area contributed by atoms with Crippen molar-refractivity contribution in [3.8, 4) is 11.1 Å². The molecule has 0 unspecified atom stereocenters. The minimum absolute atomic E-state index is 0.0583. The van der Waals surface area contributed by atoms with Crippen LogP contribution in [0.15, 0.2) is 48.5 Å². The number of hydrogen-bond acceptors (Lipinski definition) is 4. The number of nitrogens with one attached hydrogen (secondary N) is 1. The summed E-state index contributed by atoms with van der Waals surface area (Å²) in [5.74, 6) is 0.408. The second-order valence-electron chi connectivity index (χ2n) is 7.05. The van der Waals surface area contributed by atoms with Crippen LogP contribution in [0, 0.1) is 5.92 Å². The van der Waals surface area contributed by atoms with Crippen molar-refractivity contribution in [3.63, 3.8) is 0 Å². The van der Waals surface area contributed by atoms with Gasteiger partial charge < -0.3 is 15.2 Å². The molecule has 2 N–H and O–H groups in total. The second kappa shape index (κ2) is 9.64. The van der Waals surface area contributed by atoms with Gasteiger partial charge in [-0.25, -0.2) is 4.79 Å². The van der Waals surface area contributed by atoms with Gasteiger partial charge in [0.05, 0.1) is 5.75 Å². The van der Waals surface area contributed by atoms with Crippen LogP contribution in [0.3, 0.4) is 0 Å². The molecule has 2 aromatic carbocycles. The molecule has 0 saturated heterocycles. The monoisotopic (exact) mass is 399 g/mol. The minimum Gasteiger partial charge on any atom is -0.481 e. The quantitative estimate of drug-likeness (QED) is 0.613. The van der Waals surface area contributed by atoms with Crippen molar-refractivity contribution in [2.75, 3.05) is 24.7 Å². The molecule has 5 nitrogen and oxygen atoms in total. The maximum Gasteiger partial charge on any atom is 0.407 e. The number of carboxylic acid groups (broad SMARTS) is 1. The van der Waals surface area contributed by atoms with Gasteiger partial charge in [0, 0.05) is 12.5 Å². The van der Waals surface area contributed by atoms with Crippen LogP contribution >= 0.6 is 11.8 Å². The number of carboxylic acids is 1. The molecule has 0 aliphatic heterocycles. The Morgan fingerprint density at radius 1 is 1.11 bits per heavy atom. The third kappa shape index (κ3) is 5.07. The number of alkyl carbamates (subject to hydrolysis) is 1. The largest absolute Gasteiger partial charge is 0.481 e. The Morgan fingerprint density at radius 2 is 1.71 bits per heavy atom. The lowest BCUT2D eigenvalue weighted by molar-refractivity contribution is -0.133. The standard InChI is InChI=1S/C22H25NO4S/c1-15(10-11-28-14-21(24)25)12-23-22(26)27-13-20-18-8-4-2-6-16(18)17-7-3-5-9-19(17)20/h2-9,15,20H,10-14H2,1H3,(H,23,26)(H,24,25)/t15-/m0/s1. The van der Waals surface area contributed by atoms with E-state index in [0.29, 0.717) is 13.2 Å². The highest BCUT2D eigenvalue weighted by Crippen LogP contribution is 2.44. The number of ether oxygens (including phenoxy) is 1. The van der Waals surface area contributed by atoms with Gasteiger partial charge in [-0.05, 0) is 40.3 Å². The van der Waals surface area contributed by atoms with Crippen LogP contribution in [0.2, 0.25) is 0 Å². The molecule has 0 fully saturated rings. The SMILES string of the molecule is C[C@@H](CCSCC(=O)O)CNC(=O)OCC1c2ccccc2-c2ccccc21. The Kier molecular flexibility index (Phi) is 6.98. The van der Waals surface area contributed by atoms with E-state index in [-0.39, 0.29) is 17.6 Å². The summed E-state index contributed by atoms with van der Waals surface area (Å²) in [6, 6.07) is 16.5. The van der Waals surface area contributed by atoms with Crippen molar-refractivity contribution in [1.82, 2.24) is 5.32 Å². The van der Waals surface area contributed by atoms with Gasteiger partial charge >= 0.3 is 12.1 Å². The smallest absolute Gasteiger partial charge is 0.407 e. The van der Waals surface area contributed by atoms with E-state index in [9.17, 15) is 9.59 Å². The normalized spacial score (nSPS) is 13.5. The van der Waals surface area contributed by atoms with E-state index >= 15 is 0 Å². The minimum atomic E-state index is -0.797. The van der Waals surface area contributed by atoms with Gasteiger partial charge in [0.2, 0.25) is 0 Å². The summed E-state index contributed by atoms with van der Waals surface area (Å²) in [7, 11) is 0. The molecule has 0 aromatic heterocycles. The number of carbonyl (C=O) groups excluding carboxylic acids is 1. The van der Waals surface area contributed by atoms with E-state index in [1.807, 2.05) is 31.2 Å². The zero-order valence-corrected chi connectivity index (χ0v) is 16.7. The van der Waals surface area contributed by atoms with Crippen LogP contribution in [-0.2, 0) is 9.53 Å². The van der Waals surface area contributed by atoms with Crippen LogP contribution in [0.1, 0.15) is 30.4 Å². The molecule has 1 aliphatic carbocycles. The molecule has 28 heavy (non-hydrogen) atoms. The van der Waals surface area contributed by atoms with Crippen molar-refractivity contribution in [2.45, 2.75) is 19.3 Å². The van der Waals surface area contributed by atoms with Crippen LogP contribution in [-0.4, -0.2) is 41.8 Å². The van der Waals surface area contributed by atoms with Gasteiger partial charge in [-0.2, -0.15) is 11.8 Å². The number of thioether (sulfide) groups is 1. The Morgan fingerprint density at radius 3 is 2.32 bits per heavy atom. The number of hydrogen-bond donors (Lipinski definition) is 2. The second-order valence-corrected chi connectivity index (χ2v) is 8.15. The topological polar surface area (TPSA) is 75.6 Å². The predicted molar refractivity (Wildman–Crippen MR) is 112 cm³/mol. The average molecular weight is 400 g/mol. The van der Waals surface area contributed by atoms with Gasteiger partial charge in [-0.3, -0.25) is 4.79 Å². The fourth-order valence-electron chi connectivity index (χ4n) is 3.45. The third-order valence-corrected chi connectivity index (χ3v) is 5.89. The molecule has 0 bridgehead atoms. The van der Waals surface area contributed by atoms with Gasteiger partial charge in [0.25, 0.3) is 0 Å². The summed E-state index contributed by atoms with van der Waals surface area (Å²) in [5.41, 5.74) is 4.81. The van der Waals surface area contributed by atoms with Crippen molar-refractivity contribution < 1.29 is 19.4 Å². The average Bonchev–Trinajstić information content (AvgIpc) is 3.02. The Bertz CT molecular complexity index is 793. The van der Waals surface area contributed by atoms with E-state index in [4.69, 9.17) is 9.84 Å². The molecular formula is C22H25NO4S. The molecule has 0 radical (unpaired) electrons. The summed E-state index contributed by atoms with van der Waals surface area (Å²) in [6.45, 7) is 2.86. The maximum absolute atomic E-state index is 12.1. The number of rotatable bonds is 9. The molecule has 6 heteroatoms. The van der Waals surface area contributed by atoms with Crippen molar-refractivity contribution in [1.29, 1.82) is 0 Å². The van der Waals surface area contributed by atoms with E-state index in [1.165, 1.54) is 34.0 Å². The molecular weight excluding hydrogens is 374 g/mol. The molecule has 1 aliphatic rings. The lowest BCUT2D eigenvalue weighted by atomic mass is 9.98. The van der Waals surface area contributed by atoms with Crippen LogP contribution in [0.5, 0.6) is 0 Å². The molecule has 148 valence electrons. The number of fused-ring (bicyclic) bond motifs is 3. The van der Waals surface area contributed by atoms with E-state index in [2.05, 4.69) is 29.6 Å². The fourth-order valence-corrected chi connectivity index (χ4v) is 4.34. The van der Waals surface area contributed by atoms with Gasteiger partial charge in [0.1, 0.15) is 6.61 Å². The van der Waals surface area contributed by atoms with E-state index in [0.717, 1.165) is 12.2 Å².